The largest absolute Gasteiger partial charge is 0.508 e. The van der Waals surface area contributed by atoms with E-state index in [1.54, 1.807) is 12.1 Å². The van der Waals surface area contributed by atoms with E-state index in [2.05, 4.69) is 21.3 Å². The number of rotatable bonds is 15. The van der Waals surface area contributed by atoms with Crippen molar-refractivity contribution in [1.82, 2.24) is 35.7 Å². The Morgan fingerprint density at radius 2 is 1.65 bits per heavy atom. The molecule has 1 aliphatic rings. The van der Waals surface area contributed by atoms with E-state index in [1.807, 2.05) is 4.98 Å². The number of phenolic OH excluding ortho intramolecular Hbond substituents is 2. The number of aromatic amines is 1. The molecule has 1 saturated heterocycles. The van der Waals surface area contributed by atoms with Crippen molar-refractivity contribution in [2.24, 2.45) is 11.5 Å². The van der Waals surface area contributed by atoms with Gasteiger partial charge in [-0.25, -0.2) is 14.4 Å². The number of hydrogen-bond acceptors (Lipinski definition) is 13. The van der Waals surface area contributed by atoms with E-state index in [4.69, 9.17) is 16.2 Å². The summed E-state index contributed by atoms with van der Waals surface area (Å²) < 4.78 is 6.59. The van der Waals surface area contributed by atoms with Crippen molar-refractivity contribution in [2.45, 2.75) is 75.3 Å². The Labute approximate surface area is 324 Å². The summed E-state index contributed by atoms with van der Waals surface area (Å²) in [5, 5.41) is 49.3. The van der Waals surface area contributed by atoms with Gasteiger partial charge in [-0.1, -0.05) is 24.3 Å². The number of carboxylic acids is 1. The number of carbonyl (C=O) groups excluding carboxylic acids is 4. The highest BCUT2D eigenvalue weighted by atomic mass is 16.5. The molecule has 5 amide bonds. The quantitative estimate of drug-likeness (QED) is 0.0788. The van der Waals surface area contributed by atoms with E-state index in [0.29, 0.717) is 11.1 Å². The lowest BCUT2D eigenvalue weighted by Crippen LogP contribution is -2.62. The molecule has 2 heterocycles. The maximum atomic E-state index is 13.8. The van der Waals surface area contributed by atoms with Crippen LogP contribution in [0.25, 0.3) is 0 Å². The number of aliphatic hydroxyl groups excluding tert-OH is 1. The lowest BCUT2D eigenvalue weighted by Gasteiger charge is -2.34. The van der Waals surface area contributed by atoms with E-state index in [-0.39, 0.29) is 30.1 Å². The van der Waals surface area contributed by atoms with Crippen LogP contribution in [0.15, 0.2) is 82.3 Å². The van der Waals surface area contributed by atoms with Crippen molar-refractivity contribution < 1.29 is 49.1 Å². The topological polar surface area (TPSA) is 334 Å². The van der Waals surface area contributed by atoms with Crippen molar-refractivity contribution in [3.8, 4) is 11.5 Å². The van der Waals surface area contributed by atoms with Crippen LogP contribution in [0.3, 0.4) is 0 Å². The van der Waals surface area contributed by atoms with E-state index in [0.717, 1.165) is 27.9 Å². The summed E-state index contributed by atoms with van der Waals surface area (Å²) >= 11 is 0. The summed E-state index contributed by atoms with van der Waals surface area (Å²) in [6, 6.07) is 3.54. The number of aliphatic carboxylic acids is 1. The molecular weight excluding hydrogens is 750 g/mol. The number of likely N-dealkylation sites (N-methyl/N-ethyl adjacent to an activating group) is 1. The number of urea groups is 1. The summed E-state index contributed by atoms with van der Waals surface area (Å²) in [6.07, 6.45) is -0.708. The van der Waals surface area contributed by atoms with E-state index in [1.165, 1.54) is 57.3 Å². The van der Waals surface area contributed by atoms with Crippen LogP contribution in [0, 0.1) is 0 Å². The number of aromatic hydroxyl groups is 2. The van der Waals surface area contributed by atoms with Crippen LogP contribution in [0.5, 0.6) is 11.5 Å². The third-order valence-corrected chi connectivity index (χ3v) is 9.16. The van der Waals surface area contributed by atoms with Gasteiger partial charge in [-0.05, 0) is 49.2 Å². The van der Waals surface area contributed by atoms with Crippen LogP contribution in [-0.4, -0.2) is 108 Å². The van der Waals surface area contributed by atoms with Gasteiger partial charge in [0.25, 0.3) is 5.56 Å². The number of H-pyrrole nitrogens is 1. The standard InChI is InChI=1S/C36H45N9O12/c1-17(40-35(55)41-24(34(53)54)13-19-6-4-8-21(46)12-19)30(50)43-29(18(2)44(3)32(52)28(38)27(37)20-7-5-9-22(47)14-20)31(51)39-16-23-15-25(48)33(57-23)45-11-10-26(49)42-36(45)56/h4-12,14,16-18,24-25,27-29,33,46-48H,13,15,37-38H2,1-3H3,(H,39,51)(H,43,50)(H,53,54)(H2,40,41,55)(H,42,49,56)/b23-16-/t17-,18+,24?,25-,27?,28+,29+,33-/m1/s1. The fourth-order valence-corrected chi connectivity index (χ4v) is 5.81. The number of carbonyl (C=O) groups is 5. The van der Waals surface area contributed by atoms with E-state index in [9.17, 15) is 54.0 Å². The minimum Gasteiger partial charge on any atom is -0.508 e. The number of carboxylic acid groups (broad SMARTS) is 1. The lowest BCUT2D eigenvalue weighted by molar-refractivity contribution is -0.139. The summed E-state index contributed by atoms with van der Waals surface area (Å²) in [5.41, 5.74) is 11.7. The van der Waals surface area contributed by atoms with Crippen molar-refractivity contribution in [1.29, 1.82) is 0 Å². The fraction of sp³-hybridized carbons (Fsp3) is 0.361. The highest BCUT2D eigenvalue weighted by molar-refractivity contribution is 5.93. The molecule has 306 valence electrons. The normalized spacial score (nSPS) is 18.8. The number of ether oxygens (including phenoxy) is 1. The number of aliphatic hydroxyl groups is 1. The second-order valence-corrected chi connectivity index (χ2v) is 13.3. The van der Waals surface area contributed by atoms with Crippen molar-refractivity contribution in [3.05, 3.63) is 105 Å². The van der Waals surface area contributed by atoms with Crippen LogP contribution in [-0.2, 0) is 30.3 Å². The molecule has 0 radical (unpaired) electrons. The molecule has 57 heavy (non-hydrogen) atoms. The molecule has 0 spiro atoms. The van der Waals surface area contributed by atoms with Gasteiger partial charge in [-0.15, -0.1) is 0 Å². The van der Waals surface area contributed by atoms with Crippen molar-refractivity contribution in [2.75, 3.05) is 7.05 Å². The highest BCUT2D eigenvalue weighted by Gasteiger charge is 2.37. The first-order valence-electron chi connectivity index (χ1n) is 17.5. The van der Waals surface area contributed by atoms with Gasteiger partial charge in [0.05, 0.1) is 12.1 Å². The molecule has 0 bridgehead atoms. The molecular formula is C36H45N9O12. The zero-order valence-corrected chi connectivity index (χ0v) is 31.0. The molecule has 1 fully saturated rings. The second-order valence-electron chi connectivity index (χ2n) is 13.3. The van der Waals surface area contributed by atoms with Gasteiger partial charge in [0.1, 0.15) is 47.5 Å². The maximum absolute atomic E-state index is 13.8. The first kappa shape index (κ1) is 43.0. The van der Waals surface area contributed by atoms with E-state index < -0.39 is 89.6 Å². The van der Waals surface area contributed by atoms with Gasteiger partial charge < -0.3 is 62.8 Å². The van der Waals surface area contributed by atoms with Crippen LogP contribution >= 0.6 is 0 Å². The van der Waals surface area contributed by atoms with Gasteiger partial charge in [0.2, 0.25) is 23.9 Å². The molecule has 3 aromatic rings. The molecule has 4 rings (SSSR count). The Hall–Kier alpha value is -6.71. The molecule has 13 N–H and O–H groups in total. The number of nitrogens with two attached hydrogens (primary N) is 2. The number of benzene rings is 2. The highest BCUT2D eigenvalue weighted by Crippen LogP contribution is 2.30. The number of amides is 5. The first-order valence-corrected chi connectivity index (χ1v) is 17.5. The third-order valence-electron chi connectivity index (χ3n) is 9.16. The number of aromatic nitrogens is 2. The minimum absolute atomic E-state index is 0.00521. The van der Waals surface area contributed by atoms with Crippen molar-refractivity contribution >= 4 is 29.7 Å². The molecule has 8 atom stereocenters. The SMILES string of the molecule is C[C@@H](NC(=O)NC(Cc1cccc(O)c1)C(=O)O)C(=O)N[C@H](C(=O)N/C=C1/C[C@@H](O)[C@H](n2ccc(=O)[nH]c2=O)O1)[C@H](C)N(C)C(=O)[C@@H](N)C(N)c1cccc(O)c1. The number of phenols is 2. The smallest absolute Gasteiger partial charge is 0.331 e. The summed E-state index contributed by atoms with van der Waals surface area (Å²) in [5.74, 6) is -4.20. The summed E-state index contributed by atoms with van der Waals surface area (Å²) in [7, 11) is 1.31. The Morgan fingerprint density at radius 1 is 0.982 bits per heavy atom. The molecule has 21 heteroatoms. The van der Waals surface area contributed by atoms with Crippen LogP contribution in [0.4, 0.5) is 4.79 Å². The average Bonchev–Trinajstić information content (AvgIpc) is 3.53. The fourth-order valence-electron chi connectivity index (χ4n) is 5.81. The van der Waals surface area contributed by atoms with Crippen LogP contribution in [0.2, 0.25) is 0 Å². The predicted molar refractivity (Wildman–Crippen MR) is 200 cm³/mol. The molecule has 1 aromatic heterocycles. The van der Waals surface area contributed by atoms with Gasteiger partial charge in [0.15, 0.2) is 0 Å². The molecule has 0 aliphatic carbocycles. The van der Waals surface area contributed by atoms with E-state index >= 15 is 0 Å². The first-order chi connectivity index (χ1) is 26.9. The summed E-state index contributed by atoms with van der Waals surface area (Å²) in [4.78, 5) is 92.4. The third kappa shape index (κ3) is 11.2. The molecule has 21 nitrogen and oxygen atoms in total. The minimum atomic E-state index is -1.57. The Morgan fingerprint density at radius 3 is 2.28 bits per heavy atom. The lowest BCUT2D eigenvalue weighted by atomic mass is 9.98. The number of hydrogen-bond donors (Lipinski definition) is 11. The predicted octanol–water partition coefficient (Wildman–Crippen LogP) is -2.07. The maximum Gasteiger partial charge on any atom is 0.331 e. The monoisotopic (exact) mass is 795 g/mol. The zero-order valence-electron chi connectivity index (χ0n) is 31.0. The Balaban J connectivity index is 1.51. The van der Waals surface area contributed by atoms with Crippen LogP contribution in [0.1, 0.15) is 43.7 Å². The average molecular weight is 796 g/mol. The molecule has 0 saturated carbocycles. The second kappa shape index (κ2) is 18.8. The molecule has 2 unspecified atom stereocenters. The number of nitrogens with zero attached hydrogens (tertiary/aromatic N) is 2. The molecule has 2 aromatic carbocycles. The van der Waals surface area contributed by atoms with Gasteiger partial charge in [0, 0.05) is 38.4 Å². The Kier molecular flexibility index (Phi) is 14.2. The zero-order chi connectivity index (χ0) is 42.1. The molecule has 1 aliphatic heterocycles. The van der Waals surface area contributed by atoms with Gasteiger partial charge >= 0.3 is 17.7 Å². The number of nitrogens with one attached hydrogen (secondary N) is 5. The van der Waals surface area contributed by atoms with Gasteiger partial charge in [-0.2, -0.15) is 0 Å². The summed E-state index contributed by atoms with van der Waals surface area (Å²) in [6.45, 7) is 2.67. The van der Waals surface area contributed by atoms with Crippen molar-refractivity contribution in [3.63, 3.8) is 0 Å². The van der Waals surface area contributed by atoms with Crippen LogP contribution < -0.4 is 44.0 Å². The Bertz CT molecular complexity index is 2120. The van der Waals surface area contributed by atoms with Gasteiger partial charge in [-0.3, -0.25) is 28.7 Å².